The number of hydrogen-bond acceptors (Lipinski definition) is 3. The Morgan fingerprint density at radius 2 is 0.922 bits per heavy atom. The molecule has 13 rings (SSSR count). The number of fused-ring (bicyclic) bond motifs is 12. The van der Waals surface area contributed by atoms with Gasteiger partial charge in [-0.2, -0.15) is 0 Å². The van der Waals surface area contributed by atoms with Gasteiger partial charge in [-0.05, 0) is 121 Å². The Morgan fingerprint density at radius 1 is 0.359 bits per heavy atom. The third kappa shape index (κ3) is 5.58. The van der Waals surface area contributed by atoms with Crippen molar-refractivity contribution in [2.75, 3.05) is 4.90 Å². The molecular weight excluding hydrogens is 795 g/mol. The summed E-state index contributed by atoms with van der Waals surface area (Å²) >= 11 is 1.86. The summed E-state index contributed by atoms with van der Waals surface area (Å²) in [7, 11) is 0. The van der Waals surface area contributed by atoms with E-state index in [4.69, 9.17) is 4.74 Å². The number of ether oxygens (including phenoxy) is 1. The van der Waals surface area contributed by atoms with Gasteiger partial charge >= 0.3 is 0 Å². The molecule has 1 aliphatic carbocycles. The van der Waals surface area contributed by atoms with Crippen LogP contribution < -0.4 is 9.64 Å². The lowest BCUT2D eigenvalue weighted by Gasteiger charge is -2.37. The first kappa shape index (κ1) is 36.7. The predicted molar refractivity (Wildman–Crippen MR) is 268 cm³/mol. The average Bonchev–Trinajstić information content (AvgIpc) is 3.88. The second-order valence-electron chi connectivity index (χ2n) is 16.8. The van der Waals surface area contributed by atoms with Crippen molar-refractivity contribution >= 4 is 49.3 Å². The zero-order valence-corrected chi connectivity index (χ0v) is 35.6. The molecule has 0 amide bonds. The van der Waals surface area contributed by atoms with E-state index in [2.05, 4.69) is 241 Å². The monoisotopic (exact) mass is 833 g/mol. The summed E-state index contributed by atoms with van der Waals surface area (Å²) in [5.41, 5.74) is 16.2. The van der Waals surface area contributed by atoms with E-state index in [0.717, 1.165) is 45.1 Å². The first-order valence-electron chi connectivity index (χ1n) is 21.9. The van der Waals surface area contributed by atoms with Crippen LogP contribution >= 0.6 is 11.3 Å². The van der Waals surface area contributed by atoms with E-state index in [1.54, 1.807) is 0 Å². The van der Waals surface area contributed by atoms with Gasteiger partial charge in [0.05, 0.1) is 10.3 Å². The number of anilines is 3. The summed E-state index contributed by atoms with van der Waals surface area (Å²) in [5, 5.41) is 3.61. The maximum atomic E-state index is 7.03. The highest BCUT2D eigenvalue weighted by atomic mass is 32.1. The van der Waals surface area contributed by atoms with Crippen molar-refractivity contribution in [2.24, 2.45) is 0 Å². The van der Waals surface area contributed by atoms with Crippen molar-refractivity contribution < 1.29 is 4.74 Å². The zero-order chi connectivity index (χ0) is 42.2. The molecule has 0 unspecified atom stereocenters. The van der Waals surface area contributed by atoms with Gasteiger partial charge in [-0.1, -0.05) is 182 Å². The van der Waals surface area contributed by atoms with Crippen LogP contribution in [-0.4, -0.2) is 0 Å². The molecule has 0 atom stereocenters. The Labute approximate surface area is 376 Å². The summed E-state index contributed by atoms with van der Waals surface area (Å²) in [6, 6.07) is 86.2. The van der Waals surface area contributed by atoms with Gasteiger partial charge in [-0.25, -0.2) is 0 Å². The standard InChI is InChI=1S/C61H39NOS/c1-3-16-40(17-4-1)44-36-45(41-18-5-2-6-19-41)38-48(37-44)62(46-32-30-43(31-33-46)50-25-15-21-42-20-7-8-22-49(42)50)47-34-35-53-58(39-47)64-60-59(53)63-57-29-14-13-28-56(57)61(60)54-26-11-9-23-51(54)52-24-10-12-27-55(52)61/h1-39H. The van der Waals surface area contributed by atoms with Crippen LogP contribution in [0, 0.1) is 0 Å². The van der Waals surface area contributed by atoms with E-state index < -0.39 is 5.41 Å². The molecule has 2 aliphatic rings. The second kappa shape index (κ2) is 14.6. The third-order valence-electron chi connectivity index (χ3n) is 13.3. The molecule has 64 heavy (non-hydrogen) atoms. The van der Waals surface area contributed by atoms with Crippen molar-refractivity contribution in [3.63, 3.8) is 0 Å². The molecule has 1 spiro atoms. The molecule has 300 valence electrons. The highest BCUT2D eigenvalue weighted by molar-refractivity contribution is 7.19. The summed E-state index contributed by atoms with van der Waals surface area (Å²) in [6.45, 7) is 0. The lowest BCUT2D eigenvalue weighted by Crippen LogP contribution is -2.30. The normalized spacial score (nSPS) is 12.9. The van der Waals surface area contributed by atoms with Gasteiger partial charge in [0.25, 0.3) is 0 Å². The van der Waals surface area contributed by atoms with E-state index in [1.807, 2.05) is 11.3 Å². The number of para-hydroxylation sites is 1. The van der Waals surface area contributed by atoms with Gasteiger partial charge in [0.2, 0.25) is 0 Å². The topological polar surface area (TPSA) is 12.5 Å². The first-order chi connectivity index (χ1) is 31.7. The van der Waals surface area contributed by atoms with E-state index in [-0.39, 0.29) is 0 Å². The van der Waals surface area contributed by atoms with E-state index >= 15 is 0 Å². The molecule has 10 aromatic carbocycles. The van der Waals surface area contributed by atoms with Crippen LogP contribution in [0.4, 0.5) is 17.1 Å². The summed E-state index contributed by atoms with van der Waals surface area (Å²) < 4.78 is 8.21. The number of benzene rings is 10. The second-order valence-corrected chi connectivity index (χ2v) is 17.8. The fourth-order valence-corrected chi connectivity index (χ4v) is 11.9. The van der Waals surface area contributed by atoms with Crippen LogP contribution in [0.2, 0.25) is 0 Å². The van der Waals surface area contributed by atoms with Gasteiger partial charge in [-0.15, -0.1) is 11.3 Å². The van der Waals surface area contributed by atoms with Gasteiger partial charge in [0.1, 0.15) is 5.75 Å². The Hall–Kier alpha value is -7.98. The van der Waals surface area contributed by atoms with E-state index in [1.165, 1.54) is 70.4 Å². The van der Waals surface area contributed by atoms with Crippen LogP contribution in [0.3, 0.4) is 0 Å². The summed E-state index contributed by atoms with van der Waals surface area (Å²) in [4.78, 5) is 3.65. The summed E-state index contributed by atoms with van der Waals surface area (Å²) in [5.74, 6) is 1.85. The van der Waals surface area contributed by atoms with Crippen molar-refractivity contribution in [1.29, 1.82) is 0 Å². The van der Waals surface area contributed by atoms with Gasteiger partial charge in [0, 0.05) is 32.7 Å². The molecule has 0 saturated heterocycles. The molecule has 0 bridgehead atoms. The fraction of sp³-hybridized carbons (Fsp3) is 0.0164. The predicted octanol–water partition coefficient (Wildman–Crippen LogP) is 17.0. The van der Waals surface area contributed by atoms with Gasteiger partial charge < -0.3 is 9.64 Å². The number of hydrogen-bond donors (Lipinski definition) is 0. The molecule has 0 N–H and O–H groups in total. The SMILES string of the molecule is c1ccc(-c2cc(-c3ccccc3)cc(N(c3ccc(-c4cccc5ccccc45)cc3)c3ccc4c5c(sc4c3)C3(c4ccccc4O5)c4ccccc4-c4ccccc43)c2)cc1. The van der Waals surface area contributed by atoms with Crippen molar-refractivity contribution in [2.45, 2.75) is 5.41 Å². The maximum absolute atomic E-state index is 7.03. The molecule has 1 aliphatic heterocycles. The molecule has 3 heteroatoms. The Balaban J connectivity index is 1.03. The average molecular weight is 834 g/mol. The lowest BCUT2D eigenvalue weighted by atomic mass is 9.69. The Morgan fingerprint density at radius 3 is 1.62 bits per heavy atom. The minimum atomic E-state index is -0.507. The third-order valence-corrected chi connectivity index (χ3v) is 14.6. The van der Waals surface area contributed by atoms with Crippen LogP contribution in [0.5, 0.6) is 11.5 Å². The smallest absolute Gasteiger partial charge is 0.150 e. The molecule has 2 nitrogen and oxygen atoms in total. The molecular formula is C61H39NOS. The van der Waals surface area contributed by atoms with Crippen LogP contribution in [0.1, 0.15) is 21.6 Å². The number of thiophene rings is 1. The van der Waals surface area contributed by atoms with Crippen LogP contribution in [-0.2, 0) is 5.41 Å². The van der Waals surface area contributed by atoms with Gasteiger partial charge in [0.15, 0.2) is 5.75 Å². The molecule has 11 aromatic rings. The molecule has 0 saturated carbocycles. The summed E-state index contributed by atoms with van der Waals surface area (Å²) in [6.07, 6.45) is 0. The zero-order valence-electron chi connectivity index (χ0n) is 34.8. The molecule has 0 radical (unpaired) electrons. The van der Waals surface area contributed by atoms with Crippen LogP contribution in [0.25, 0.3) is 65.4 Å². The van der Waals surface area contributed by atoms with E-state index in [9.17, 15) is 0 Å². The van der Waals surface area contributed by atoms with Gasteiger partial charge in [-0.3, -0.25) is 0 Å². The van der Waals surface area contributed by atoms with E-state index in [0.29, 0.717) is 0 Å². The lowest BCUT2D eigenvalue weighted by molar-refractivity contribution is 0.447. The first-order valence-corrected chi connectivity index (χ1v) is 22.7. The highest BCUT2D eigenvalue weighted by Crippen LogP contribution is 2.65. The van der Waals surface area contributed by atoms with Crippen molar-refractivity contribution in [3.8, 4) is 56.0 Å². The Kier molecular flexibility index (Phi) is 8.34. The Bertz CT molecular complexity index is 3480. The van der Waals surface area contributed by atoms with Crippen molar-refractivity contribution in [3.05, 3.63) is 258 Å². The largest absolute Gasteiger partial charge is 0.455 e. The minimum absolute atomic E-state index is 0.507. The quantitative estimate of drug-likeness (QED) is 0.165. The highest BCUT2D eigenvalue weighted by Gasteiger charge is 2.52. The number of nitrogens with zero attached hydrogens (tertiary/aromatic N) is 1. The molecule has 2 heterocycles. The van der Waals surface area contributed by atoms with Crippen molar-refractivity contribution in [1.82, 2.24) is 0 Å². The minimum Gasteiger partial charge on any atom is -0.455 e. The molecule has 0 fully saturated rings. The molecule has 1 aromatic heterocycles. The van der Waals surface area contributed by atoms with Crippen LogP contribution in [0.15, 0.2) is 237 Å². The maximum Gasteiger partial charge on any atom is 0.150 e. The fourth-order valence-electron chi connectivity index (χ4n) is 10.5. The number of rotatable bonds is 6.